The second-order valence-electron chi connectivity index (χ2n) is 5.39. The van der Waals surface area contributed by atoms with Crippen LogP contribution in [0.4, 0.5) is 5.69 Å². The Morgan fingerprint density at radius 2 is 1.91 bits per heavy atom. The fourth-order valence-corrected chi connectivity index (χ4v) is 3.28. The molecule has 3 aromatic rings. The summed E-state index contributed by atoms with van der Waals surface area (Å²) in [6.45, 7) is 2.12. The van der Waals surface area contributed by atoms with Gasteiger partial charge in [-0.15, -0.1) is 0 Å². The van der Waals surface area contributed by atoms with Crippen LogP contribution in [0, 0.1) is 0 Å². The van der Waals surface area contributed by atoms with E-state index in [9.17, 15) is 4.79 Å². The van der Waals surface area contributed by atoms with Crippen LogP contribution in [0.2, 0.25) is 0 Å². The molecule has 0 aliphatic carbocycles. The number of carbonyl (C=O) groups excluding carboxylic acids is 1. The van der Waals surface area contributed by atoms with Gasteiger partial charge < -0.3 is 5.32 Å². The molecule has 4 nitrogen and oxygen atoms in total. The lowest BCUT2D eigenvalue weighted by atomic mass is 10.1. The molecular weight excluding hydrogens is 306 g/mol. The number of para-hydroxylation sites is 2. The van der Waals surface area contributed by atoms with Gasteiger partial charge in [-0.05, 0) is 48.0 Å². The number of benzene rings is 2. The average molecular weight is 326 g/mol. The molecule has 0 atom stereocenters. The highest BCUT2D eigenvalue weighted by atomic mass is 32.2. The first kappa shape index (κ1) is 15.6. The number of amides is 1. The zero-order valence-corrected chi connectivity index (χ0v) is 14.1. The summed E-state index contributed by atoms with van der Waals surface area (Å²) >= 11 is 1.50. The molecule has 1 heterocycles. The highest BCUT2D eigenvalue weighted by Crippen LogP contribution is 2.17. The van der Waals surface area contributed by atoms with Crippen molar-refractivity contribution < 1.29 is 9.36 Å². The van der Waals surface area contributed by atoms with Gasteiger partial charge in [-0.3, -0.25) is 4.79 Å². The van der Waals surface area contributed by atoms with Crippen molar-refractivity contribution in [2.24, 2.45) is 7.05 Å². The van der Waals surface area contributed by atoms with Gasteiger partial charge in [-0.1, -0.05) is 31.2 Å². The van der Waals surface area contributed by atoms with E-state index in [1.807, 2.05) is 49.5 Å². The zero-order chi connectivity index (χ0) is 16.2. The lowest BCUT2D eigenvalue weighted by Gasteiger charge is -2.04. The lowest BCUT2D eigenvalue weighted by molar-refractivity contribution is -0.683. The zero-order valence-electron chi connectivity index (χ0n) is 13.3. The number of rotatable bonds is 5. The van der Waals surface area contributed by atoms with Crippen molar-refractivity contribution in [2.45, 2.75) is 18.5 Å². The minimum absolute atomic E-state index is 0.00194. The topological polar surface area (TPSA) is 48.8 Å². The summed E-state index contributed by atoms with van der Waals surface area (Å²) in [7, 11) is 2.00. The number of hydrogen-bond acceptors (Lipinski definition) is 2. The molecule has 23 heavy (non-hydrogen) atoms. The van der Waals surface area contributed by atoms with Gasteiger partial charge in [0.2, 0.25) is 5.91 Å². The molecule has 0 aliphatic heterocycles. The number of hydrogen-bond donors (Lipinski definition) is 2. The standard InChI is InChI=1S/C18H19N3OS/c1-3-13-8-10-14(11-9-13)19-17(22)12-23-18-20-15-6-4-5-7-16(15)21(18)2/h4-11H,3,12H2,1-2H3,(H,19,22)/p+1. The molecule has 2 aromatic carbocycles. The van der Waals surface area contributed by atoms with Gasteiger partial charge in [-0.25, -0.2) is 9.55 Å². The second-order valence-corrected chi connectivity index (χ2v) is 6.36. The Morgan fingerprint density at radius 1 is 1.17 bits per heavy atom. The van der Waals surface area contributed by atoms with E-state index in [2.05, 4.69) is 27.9 Å². The van der Waals surface area contributed by atoms with Gasteiger partial charge in [-0.2, -0.15) is 0 Å². The Balaban J connectivity index is 1.62. The van der Waals surface area contributed by atoms with E-state index < -0.39 is 0 Å². The molecule has 0 saturated carbocycles. The van der Waals surface area contributed by atoms with Crippen molar-refractivity contribution in [2.75, 3.05) is 11.1 Å². The Hall–Kier alpha value is -2.27. The maximum absolute atomic E-state index is 12.1. The molecule has 1 aromatic heterocycles. The van der Waals surface area contributed by atoms with E-state index in [0.717, 1.165) is 28.3 Å². The number of imidazole rings is 1. The predicted molar refractivity (Wildman–Crippen MR) is 94.6 cm³/mol. The molecule has 0 unspecified atom stereocenters. The van der Waals surface area contributed by atoms with Crippen molar-refractivity contribution in [1.29, 1.82) is 0 Å². The summed E-state index contributed by atoms with van der Waals surface area (Å²) in [6, 6.07) is 16.1. The van der Waals surface area contributed by atoms with Crippen LogP contribution in [0.5, 0.6) is 0 Å². The number of nitrogens with one attached hydrogen (secondary N) is 2. The molecule has 5 heteroatoms. The summed E-state index contributed by atoms with van der Waals surface area (Å²) in [5.74, 6) is 0.369. The van der Waals surface area contributed by atoms with Crippen molar-refractivity contribution in [3.8, 4) is 0 Å². The highest BCUT2D eigenvalue weighted by Gasteiger charge is 2.16. The number of anilines is 1. The third kappa shape index (κ3) is 3.56. The summed E-state index contributed by atoms with van der Waals surface area (Å²) in [5, 5.41) is 3.91. The molecule has 118 valence electrons. The van der Waals surface area contributed by atoms with Gasteiger partial charge in [0.1, 0.15) is 0 Å². The number of aromatic amines is 1. The van der Waals surface area contributed by atoms with E-state index >= 15 is 0 Å². The quantitative estimate of drug-likeness (QED) is 0.558. The van der Waals surface area contributed by atoms with Crippen molar-refractivity contribution >= 4 is 34.4 Å². The van der Waals surface area contributed by atoms with Crippen LogP contribution < -0.4 is 9.88 Å². The van der Waals surface area contributed by atoms with Gasteiger partial charge in [0.25, 0.3) is 0 Å². The second kappa shape index (κ2) is 6.87. The van der Waals surface area contributed by atoms with Gasteiger partial charge in [0.15, 0.2) is 11.0 Å². The predicted octanol–water partition coefficient (Wildman–Crippen LogP) is 3.29. The molecule has 2 N–H and O–H groups in total. The number of fused-ring (bicyclic) bond motifs is 1. The van der Waals surface area contributed by atoms with E-state index in [1.165, 1.54) is 17.3 Å². The van der Waals surface area contributed by atoms with Crippen molar-refractivity contribution in [3.05, 3.63) is 54.1 Å². The number of aromatic nitrogens is 2. The fraction of sp³-hybridized carbons (Fsp3) is 0.222. The van der Waals surface area contributed by atoms with Crippen LogP contribution in [0.15, 0.2) is 53.7 Å². The van der Waals surface area contributed by atoms with Crippen LogP contribution in [-0.2, 0) is 18.3 Å². The summed E-state index contributed by atoms with van der Waals surface area (Å²) in [5.41, 5.74) is 4.31. The monoisotopic (exact) mass is 326 g/mol. The number of carbonyl (C=O) groups is 1. The number of nitrogens with zero attached hydrogens (tertiary/aromatic N) is 1. The molecule has 1 amide bonds. The molecule has 3 rings (SSSR count). The molecule has 0 aliphatic rings. The van der Waals surface area contributed by atoms with E-state index in [4.69, 9.17) is 0 Å². The minimum atomic E-state index is -0.00194. The van der Waals surface area contributed by atoms with Crippen LogP contribution in [0.25, 0.3) is 11.0 Å². The molecule has 0 fully saturated rings. The summed E-state index contributed by atoms with van der Waals surface area (Å²) < 4.78 is 2.07. The fourth-order valence-electron chi connectivity index (χ4n) is 2.47. The first-order valence-corrected chi connectivity index (χ1v) is 8.64. The number of H-pyrrole nitrogens is 1. The average Bonchev–Trinajstić information content (AvgIpc) is 2.90. The smallest absolute Gasteiger partial charge is 0.317 e. The largest absolute Gasteiger partial charge is 0.325 e. The van der Waals surface area contributed by atoms with Crippen LogP contribution >= 0.6 is 11.8 Å². The molecule has 0 bridgehead atoms. The van der Waals surface area contributed by atoms with Gasteiger partial charge in [0, 0.05) is 5.69 Å². The Morgan fingerprint density at radius 3 is 2.61 bits per heavy atom. The van der Waals surface area contributed by atoms with Crippen LogP contribution in [0.1, 0.15) is 12.5 Å². The lowest BCUT2D eigenvalue weighted by Crippen LogP contribution is -2.29. The molecule has 0 radical (unpaired) electrons. The Bertz CT molecular complexity index is 824. The van der Waals surface area contributed by atoms with E-state index in [1.54, 1.807) is 0 Å². The van der Waals surface area contributed by atoms with Gasteiger partial charge in [0.05, 0.1) is 12.8 Å². The van der Waals surface area contributed by atoms with Crippen LogP contribution in [0.3, 0.4) is 0 Å². The minimum Gasteiger partial charge on any atom is -0.325 e. The molecule has 0 spiro atoms. The third-order valence-corrected chi connectivity index (χ3v) is 4.85. The van der Waals surface area contributed by atoms with Gasteiger partial charge >= 0.3 is 5.16 Å². The number of aryl methyl sites for hydroxylation is 2. The normalized spacial score (nSPS) is 10.9. The van der Waals surface area contributed by atoms with Crippen LogP contribution in [-0.4, -0.2) is 16.6 Å². The van der Waals surface area contributed by atoms with Crippen molar-refractivity contribution in [1.82, 2.24) is 4.98 Å². The van der Waals surface area contributed by atoms with E-state index in [-0.39, 0.29) is 5.91 Å². The number of thioether (sulfide) groups is 1. The SMILES string of the molecule is CCc1ccc(NC(=O)CSc2[nH]c3ccccc3[n+]2C)cc1. The summed E-state index contributed by atoms with van der Waals surface area (Å²) in [4.78, 5) is 15.5. The Labute approximate surface area is 139 Å². The Kier molecular flexibility index (Phi) is 4.67. The first-order valence-electron chi connectivity index (χ1n) is 7.65. The summed E-state index contributed by atoms with van der Waals surface area (Å²) in [6.07, 6.45) is 1.00. The molecular formula is C18H20N3OS+. The first-order chi connectivity index (χ1) is 11.2. The highest BCUT2D eigenvalue weighted by molar-refractivity contribution is 7.99. The maximum Gasteiger partial charge on any atom is 0.317 e. The maximum atomic E-state index is 12.1. The molecule has 0 saturated heterocycles. The third-order valence-electron chi connectivity index (χ3n) is 3.80. The van der Waals surface area contributed by atoms with Crippen molar-refractivity contribution in [3.63, 3.8) is 0 Å². The van der Waals surface area contributed by atoms with E-state index in [0.29, 0.717) is 5.75 Å².